The van der Waals surface area contributed by atoms with Crippen molar-refractivity contribution in [3.63, 3.8) is 0 Å². The molecular weight excluding hydrogens is 332 g/mol. The highest BCUT2D eigenvalue weighted by atomic mass is 16.5. The molecular formula is C20H24N2O4. The summed E-state index contributed by atoms with van der Waals surface area (Å²) in [4.78, 5) is 23.5. The summed E-state index contributed by atoms with van der Waals surface area (Å²) in [7, 11) is 1.34. The minimum atomic E-state index is -0.496. The van der Waals surface area contributed by atoms with E-state index in [1.165, 1.54) is 14.0 Å². The number of hydrogen-bond donors (Lipinski definition) is 2. The lowest BCUT2D eigenvalue weighted by atomic mass is 9.97. The third kappa shape index (κ3) is 3.86. The molecule has 0 aliphatic carbocycles. The largest absolute Gasteiger partial charge is 0.465 e. The summed E-state index contributed by atoms with van der Waals surface area (Å²) in [6.45, 7) is 6.93. The Labute approximate surface area is 153 Å². The number of amides is 1. The van der Waals surface area contributed by atoms with Gasteiger partial charge in [0, 0.05) is 12.6 Å². The maximum absolute atomic E-state index is 12.0. The van der Waals surface area contributed by atoms with Crippen molar-refractivity contribution in [2.24, 2.45) is 0 Å². The molecule has 1 atom stereocenters. The Kier molecular flexibility index (Phi) is 6.00. The number of hydrogen-bond acceptors (Lipinski definition) is 5. The standard InChI is InChI=1S/C20H24N2O4/c1-12-10-11-16(14(3)22(25)15(4)23)13(2)19(12)21-18-9-7-6-8-17(18)20(24)26-5/h6-11,14,21,25H,1-5H3. The van der Waals surface area contributed by atoms with Gasteiger partial charge in [-0.1, -0.05) is 24.3 Å². The van der Waals surface area contributed by atoms with Crippen molar-refractivity contribution in [1.82, 2.24) is 5.06 Å². The first-order chi connectivity index (χ1) is 12.3. The van der Waals surface area contributed by atoms with Gasteiger partial charge in [0.1, 0.15) is 0 Å². The zero-order chi connectivity index (χ0) is 19.4. The minimum absolute atomic E-state index is 0.425. The number of methoxy groups -OCH3 is 1. The lowest BCUT2D eigenvalue weighted by Crippen LogP contribution is -2.28. The average Bonchev–Trinajstić information content (AvgIpc) is 2.63. The number of carbonyl (C=O) groups is 2. The maximum Gasteiger partial charge on any atom is 0.339 e. The van der Waals surface area contributed by atoms with Gasteiger partial charge in [-0.3, -0.25) is 10.0 Å². The van der Waals surface area contributed by atoms with E-state index < -0.39 is 17.9 Å². The summed E-state index contributed by atoms with van der Waals surface area (Å²) in [5, 5.41) is 14.0. The highest BCUT2D eigenvalue weighted by Gasteiger charge is 2.21. The smallest absolute Gasteiger partial charge is 0.339 e. The van der Waals surface area contributed by atoms with Crippen LogP contribution >= 0.6 is 0 Å². The summed E-state index contributed by atoms with van der Waals surface area (Å²) in [5.74, 6) is -0.853. The predicted octanol–water partition coefficient (Wildman–Crippen LogP) is 4.13. The van der Waals surface area contributed by atoms with Crippen LogP contribution in [-0.2, 0) is 9.53 Å². The van der Waals surface area contributed by atoms with E-state index in [2.05, 4.69) is 5.32 Å². The molecule has 0 fully saturated rings. The second-order valence-electron chi connectivity index (χ2n) is 6.17. The molecule has 0 radical (unpaired) electrons. The van der Waals surface area contributed by atoms with Crippen LogP contribution in [0.4, 0.5) is 11.4 Å². The molecule has 1 amide bonds. The van der Waals surface area contributed by atoms with Crippen LogP contribution < -0.4 is 5.32 Å². The van der Waals surface area contributed by atoms with Crippen LogP contribution in [0.1, 0.15) is 46.9 Å². The van der Waals surface area contributed by atoms with E-state index in [0.29, 0.717) is 16.3 Å². The molecule has 0 aromatic heterocycles. The lowest BCUT2D eigenvalue weighted by molar-refractivity contribution is -0.172. The van der Waals surface area contributed by atoms with E-state index in [0.717, 1.165) is 22.4 Å². The second kappa shape index (κ2) is 8.01. The molecule has 0 aliphatic rings. The first-order valence-corrected chi connectivity index (χ1v) is 8.31. The molecule has 6 heteroatoms. The van der Waals surface area contributed by atoms with Gasteiger partial charge in [0.2, 0.25) is 5.91 Å². The molecule has 0 saturated heterocycles. The zero-order valence-corrected chi connectivity index (χ0v) is 15.7. The fourth-order valence-electron chi connectivity index (χ4n) is 2.93. The van der Waals surface area contributed by atoms with Crippen molar-refractivity contribution in [2.75, 3.05) is 12.4 Å². The quantitative estimate of drug-likeness (QED) is 0.478. The van der Waals surface area contributed by atoms with Gasteiger partial charge in [0.05, 0.1) is 24.4 Å². The molecule has 0 heterocycles. The predicted molar refractivity (Wildman–Crippen MR) is 99.7 cm³/mol. The van der Waals surface area contributed by atoms with Gasteiger partial charge in [-0.25, -0.2) is 9.86 Å². The van der Waals surface area contributed by atoms with Crippen LogP contribution in [0.25, 0.3) is 0 Å². The number of carbonyl (C=O) groups excluding carboxylic acids is 2. The number of esters is 1. The van der Waals surface area contributed by atoms with Crippen LogP contribution in [0.15, 0.2) is 36.4 Å². The van der Waals surface area contributed by atoms with Gasteiger partial charge >= 0.3 is 5.97 Å². The average molecular weight is 356 g/mol. The minimum Gasteiger partial charge on any atom is -0.465 e. The zero-order valence-electron chi connectivity index (χ0n) is 15.7. The first kappa shape index (κ1) is 19.5. The molecule has 6 nitrogen and oxygen atoms in total. The van der Waals surface area contributed by atoms with Crippen LogP contribution in [0, 0.1) is 13.8 Å². The number of aryl methyl sites for hydroxylation is 1. The van der Waals surface area contributed by atoms with Gasteiger partial charge in [-0.15, -0.1) is 0 Å². The Hall–Kier alpha value is -2.86. The normalized spacial score (nSPS) is 11.6. The SMILES string of the molecule is COC(=O)c1ccccc1Nc1c(C)ccc(C(C)N(O)C(C)=O)c1C. The highest BCUT2D eigenvalue weighted by Crippen LogP contribution is 2.33. The molecule has 0 spiro atoms. The van der Waals surface area contributed by atoms with Crippen LogP contribution in [0.5, 0.6) is 0 Å². The molecule has 1 unspecified atom stereocenters. The fourth-order valence-corrected chi connectivity index (χ4v) is 2.93. The molecule has 138 valence electrons. The topological polar surface area (TPSA) is 78.9 Å². The number of para-hydroxylation sites is 1. The molecule has 2 aromatic carbocycles. The van der Waals surface area contributed by atoms with Crippen LogP contribution in [-0.4, -0.2) is 29.3 Å². The number of anilines is 2. The number of nitrogens with one attached hydrogen (secondary N) is 1. The van der Waals surface area contributed by atoms with Crippen molar-refractivity contribution < 1.29 is 19.5 Å². The van der Waals surface area contributed by atoms with E-state index >= 15 is 0 Å². The van der Waals surface area contributed by atoms with Gasteiger partial charge in [0.15, 0.2) is 0 Å². The van der Waals surface area contributed by atoms with E-state index in [1.807, 2.05) is 32.0 Å². The molecule has 0 aliphatic heterocycles. The molecule has 0 bridgehead atoms. The third-order valence-electron chi connectivity index (χ3n) is 4.45. The molecule has 2 aromatic rings. The van der Waals surface area contributed by atoms with Crippen molar-refractivity contribution in [3.8, 4) is 0 Å². The summed E-state index contributed by atoms with van der Waals surface area (Å²) in [5.41, 5.74) is 4.56. The van der Waals surface area contributed by atoms with Gasteiger partial charge in [-0.2, -0.15) is 0 Å². The molecule has 26 heavy (non-hydrogen) atoms. The monoisotopic (exact) mass is 356 g/mol. The van der Waals surface area contributed by atoms with E-state index in [1.54, 1.807) is 25.1 Å². The van der Waals surface area contributed by atoms with Gasteiger partial charge in [0.25, 0.3) is 0 Å². The Morgan fingerprint density at radius 3 is 2.42 bits per heavy atom. The van der Waals surface area contributed by atoms with Crippen LogP contribution in [0.3, 0.4) is 0 Å². The summed E-state index contributed by atoms with van der Waals surface area (Å²) in [6, 6.07) is 10.4. The van der Waals surface area contributed by atoms with E-state index in [9.17, 15) is 14.8 Å². The van der Waals surface area contributed by atoms with Crippen molar-refractivity contribution in [3.05, 3.63) is 58.7 Å². The Balaban J connectivity index is 2.47. The fraction of sp³-hybridized carbons (Fsp3) is 0.300. The Bertz CT molecular complexity index is 833. The summed E-state index contributed by atoms with van der Waals surface area (Å²) in [6.07, 6.45) is 0. The molecule has 2 rings (SSSR count). The van der Waals surface area contributed by atoms with Gasteiger partial charge < -0.3 is 10.1 Å². The maximum atomic E-state index is 12.0. The van der Waals surface area contributed by atoms with Crippen LogP contribution in [0.2, 0.25) is 0 Å². The molecule has 2 N–H and O–H groups in total. The van der Waals surface area contributed by atoms with E-state index in [-0.39, 0.29) is 0 Å². The van der Waals surface area contributed by atoms with Crippen molar-refractivity contribution in [2.45, 2.75) is 33.7 Å². The lowest BCUT2D eigenvalue weighted by Gasteiger charge is -2.25. The van der Waals surface area contributed by atoms with Crippen molar-refractivity contribution >= 4 is 23.3 Å². The number of benzene rings is 2. The van der Waals surface area contributed by atoms with Gasteiger partial charge in [-0.05, 0) is 49.6 Å². The Morgan fingerprint density at radius 2 is 1.81 bits per heavy atom. The summed E-state index contributed by atoms with van der Waals surface area (Å²) >= 11 is 0. The number of rotatable bonds is 5. The second-order valence-corrected chi connectivity index (χ2v) is 6.17. The van der Waals surface area contributed by atoms with Crippen molar-refractivity contribution in [1.29, 1.82) is 0 Å². The number of hydroxylamine groups is 2. The third-order valence-corrected chi connectivity index (χ3v) is 4.45. The highest BCUT2D eigenvalue weighted by molar-refractivity contribution is 5.96. The first-order valence-electron chi connectivity index (χ1n) is 8.31. The van der Waals surface area contributed by atoms with E-state index in [4.69, 9.17) is 4.74 Å². The summed E-state index contributed by atoms with van der Waals surface area (Å²) < 4.78 is 4.84. The number of nitrogens with zero attached hydrogens (tertiary/aromatic N) is 1. The molecule has 0 saturated carbocycles. The Morgan fingerprint density at radius 1 is 1.15 bits per heavy atom. The number of ether oxygens (including phenoxy) is 1.